The molecule has 24 heavy (non-hydrogen) atoms. The van der Waals surface area contributed by atoms with E-state index in [0.717, 1.165) is 18.2 Å². The van der Waals surface area contributed by atoms with Crippen molar-refractivity contribution >= 4 is 16.8 Å². The summed E-state index contributed by atoms with van der Waals surface area (Å²) in [6, 6.07) is 7.27. The highest BCUT2D eigenvalue weighted by Gasteiger charge is 2.32. The molecule has 0 radical (unpaired) electrons. The van der Waals surface area contributed by atoms with E-state index in [0.29, 0.717) is 35.4 Å². The minimum atomic E-state index is -0.840. The Balaban J connectivity index is 1.84. The van der Waals surface area contributed by atoms with Gasteiger partial charge in [0.15, 0.2) is 0 Å². The first kappa shape index (κ1) is 16.7. The number of para-hydroxylation sites is 1. The van der Waals surface area contributed by atoms with E-state index in [1.54, 1.807) is 13.0 Å². The quantitative estimate of drug-likeness (QED) is 0.809. The number of fused-ring (bicyclic) bond motifs is 1. The Morgan fingerprint density at radius 1 is 1.33 bits per heavy atom. The number of nitrogens with one attached hydrogen (secondary N) is 2. The molecule has 1 aromatic heterocycles. The molecule has 1 amide bonds. The normalized spacial score (nSPS) is 24.0. The van der Waals surface area contributed by atoms with Crippen LogP contribution < -0.4 is 10.9 Å². The van der Waals surface area contributed by atoms with Crippen molar-refractivity contribution in [3.8, 4) is 0 Å². The summed E-state index contributed by atoms with van der Waals surface area (Å²) in [6.07, 6.45) is 3.34. The molecule has 1 aliphatic carbocycles. The number of benzene rings is 1. The van der Waals surface area contributed by atoms with Crippen molar-refractivity contribution in [3.63, 3.8) is 0 Å². The first-order chi connectivity index (χ1) is 11.4. The second kappa shape index (κ2) is 6.40. The van der Waals surface area contributed by atoms with Crippen molar-refractivity contribution in [2.45, 2.75) is 45.1 Å². The van der Waals surface area contributed by atoms with Crippen LogP contribution in [0.15, 0.2) is 29.1 Å². The van der Waals surface area contributed by atoms with Crippen molar-refractivity contribution in [3.05, 3.63) is 45.7 Å². The number of aromatic nitrogens is 1. The highest BCUT2D eigenvalue weighted by molar-refractivity contribution is 6.07. The Labute approximate surface area is 141 Å². The highest BCUT2D eigenvalue weighted by Crippen LogP contribution is 2.31. The molecule has 0 aliphatic heterocycles. The molecule has 0 saturated heterocycles. The summed E-state index contributed by atoms with van der Waals surface area (Å²) >= 11 is 0. The summed E-state index contributed by atoms with van der Waals surface area (Å²) in [5.41, 5.74) is 0.331. The van der Waals surface area contributed by atoms with Crippen LogP contribution in [-0.2, 0) is 0 Å². The van der Waals surface area contributed by atoms with Gasteiger partial charge in [-0.1, -0.05) is 25.1 Å². The topological polar surface area (TPSA) is 82.2 Å². The number of H-pyrrole nitrogens is 1. The molecule has 0 bridgehead atoms. The number of carbonyl (C=O) groups excluding carboxylic acids is 1. The van der Waals surface area contributed by atoms with Gasteiger partial charge in [0, 0.05) is 23.0 Å². The van der Waals surface area contributed by atoms with Gasteiger partial charge in [0.1, 0.15) is 0 Å². The van der Waals surface area contributed by atoms with Crippen LogP contribution >= 0.6 is 0 Å². The smallest absolute Gasteiger partial charge is 0.252 e. The maximum atomic E-state index is 12.7. The van der Waals surface area contributed by atoms with E-state index in [2.05, 4.69) is 17.2 Å². The predicted molar refractivity (Wildman–Crippen MR) is 94.2 cm³/mol. The number of pyridine rings is 1. The third-order valence-electron chi connectivity index (χ3n) is 5.17. The van der Waals surface area contributed by atoms with Gasteiger partial charge in [-0.05, 0) is 44.6 Å². The standard InChI is InChI=1S/C19H24N2O3/c1-12-7-9-19(24,10-8-12)11-20-18(23)16-13(2)17(22)21-15-6-4-3-5-14(15)16/h3-6,12,24H,7-11H2,1-2H3,(H,20,23)(H,21,22). The highest BCUT2D eigenvalue weighted by atomic mass is 16.3. The molecule has 1 heterocycles. The predicted octanol–water partition coefficient (Wildman–Crippen LogP) is 2.51. The Morgan fingerprint density at radius 3 is 2.71 bits per heavy atom. The van der Waals surface area contributed by atoms with E-state index in [-0.39, 0.29) is 18.0 Å². The van der Waals surface area contributed by atoms with Gasteiger partial charge in [0.2, 0.25) is 0 Å². The maximum Gasteiger partial charge on any atom is 0.252 e. The summed E-state index contributed by atoms with van der Waals surface area (Å²) in [5.74, 6) is 0.321. The molecule has 0 unspecified atom stereocenters. The van der Waals surface area contributed by atoms with Crippen LogP contribution in [0.5, 0.6) is 0 Å². The Kier molecular flexibility index (Phi) is 4.45. The summed E-state index contributed by atoms with van der Waals surface area (Å²) in [4.78, 5) is 27.6. The minimum Gasteiger partial charge on any atom is -0.388 e. The zero-order chi connectivity index (χ0) is 17.3. The lowest BCUT2D eigenvalue weighted by Gasteiger charge is -2.35. The van der Waals surface area contributed by atoms with Gasteiger partial charge in [0.25, 0.3) is 11.5 Å². The molecule has 1 saturated carbocycles. The average Bonchev–Trinajstić information content (AvgIpc) is 2.57. The Bertz CT molecular complexity index is 817. The monoisotopic (exact) mass is 328 g/mol. The lowest BCUT2D eigenvalue weighted by atomic mass is 9.79. The van der Waals surface area contributed by atoms with Crippen molar-refractivity contribution in [2.75, 3.05) is 6.54 Å². The molecule has 1 fully saturated rings. The average molecular weight is 328 g/mol. The fraction of sp³-hybridized carbons (Fsp3) is 0.474. The molecule has 5 nitrogen and oxygen atoms in total. The van der Waals surface area contributed by atoms with Crippen LogP contribution in [0.4, 0.5) is 0 Å². The molecule has 1 aromatic carbocycles. The van der Waals surface area contributed by atoms with Gasteiger partial charge < -0.3 is 15.4 Å². The minimum absolute atomic E-state index is 0.221. The van der Waals surface area contributed by atoms with Gasteiger partial charge in [-0.15, -0.1) is 0 Å². The lowest BCUT2D eigenvalue weighted by Crippen LogP contribution is -2.45. The largest absolute Gasteiger partial charge is 0.388 e. The third kappa shape index (κ3) is 3.22. The second-order valence-electron chi connectivity index (χ2n) is 7.09. The van der Waals surface area contributed by atoms with Crippen LogP contribution in [0.2, 0.25) is 0 Å². The fourth-order valence-electron chi connectivity index (χ4n) is 3.44. The maximum absolute atomic E-state index is 12.7. The Hall–Kier alpha value is -2.14. The molecule has 3 N–H and O–H groups in total. The zero-order valence-corrected chi connectivity index (χ0v) is 14.2. The first-order valence-corrected chi connectivity index (χ1v) is 8.52. The summed E-state index contributed by atoms with van der Waals surface area (Å²) in [7, 11) is 0. The first-order valence-electron chi connectivity index (χ1n) is 8.52. The van der Waals surface area contributed by atoms with Crippen LogP contribution in [0, 0.1) is 12.8 Å². The van der Waals surface area contributed by atoms with Crippen molar-refractivity contribution in [1.29, 1.82) is 0 Å². The SMILES string of the molecule is Cc1c(C(=O)NCC2(O)CCC(C)CC2)c2ccccc2[nH]c1=O. The molecule has 5 heteroatoms. The molecule has 0 spiro atoms. The summed E-state index contributed by atoms with van der Waals surface area (Å²) < 4.78 is 0. The summed E-state index contributed by atoms with van der Waals surface area (Å²) in [6.45, 7) is 4.06. The molecule has 128 valence electrons. The number of aliphatic hydroxyl groups is 1. The fourth-order valence-corrected chi connectivity index (χ4v) is 3.44. The van der Waals surface area contributed by atoms with Crippen molar-refractivity contribution in [1.82, 2.24) is 10.3 Å². The van der Waals surface area contributed by atoms with E-state index in [1.807, 2.05) is 18.2 Å². The summed E-state index contributed by atoms with van der Waals surface area (Å²) in [5, 5.41) is 14.2. The van der Waals surface area contributed by atoms with Crippen molar-refractivity contribution in [2.24, 2.45) is 5.92 Å². The number of aromatic amines is 1. The van der Waals surface area contributed by atoms with E-state index in [4.69, 9.17) is 0 Å². The van der Waals surface area contributed by atoms with E-state index in [1.165, 1.54) is 0 Å². The van der Waals surface area contributed by atoms with Gasteiger partial charge in [-0.25, -0.2) is 0 Å². The molecule has 3 rings (SSSR count). The Morgan fingerprint density at radius 2 is 2.00 bits per heavy atom. The van der Waals surface area contributed by atoms with Crippen LogP contribution in [-0.4, -0.2) is 28.1 Å². The number of carbonyl (C=O) groups is 1. The van der Waals surface area contributed by atoms with Gasteiger partial charge in [-0.3, -0.25) is 9.59 Å². The molecular formula is C19H24N2O3. The van der Waals surface area contributed by atoms with Gasteiger partial charge in [0.05, 0.1) is 11.2 Å². The van der Waals surface area contributed by atoms with Crippen LogP contribution in [0.3, 0.4) is 0 Å². The van der Waals surface area contributed by atoms with E-state index in [9.17, 15) is 14.7 Å². The van der Waals surface area contributed by atoms with Crippen molar-refractivity contribution < 1.29 is 9.90 Å². The molecule has 2 aromatic rings. The molecule has 0 atom stereocenters. The van der Waals surface area contributed by atoms with Gasteiger partial charge >= 0.3 is 0 Å². The van der Waals surface area contributed by atoms with Crippen LogP contribution in [0.25, 0.3) is 10.9 Å². The van der Waals surface area contributed by atoms with E-state index >= 15 is 0 Å². The lowest BCUT2D eigenvalue weighted by molar-refractivity contribution is -0.00539. The zero-order valence-electron chi connectivity index (χ0n) is 14.2. The third-order valence-corrected chi connectivity index (χ3v) is 5.17. The molecule has 1 aliphatic rings. The second-order valence-corrected chi connectivity index (χ2v) is 7.09. The van der Waals surface area contributed by atoms with Crippen LogP contribution in [0.1, 0.15) is 48.5 Å². The molecular weight excluding hydrogens is 304 g/mol. The number of hydrogen-bond donors (Lipinski definition) is 3. The number of hydrogen-bond acceptors (Lipinski definition) is 3. The van der Waals surface area contributed by atoms with Gasteiger partial charge in [-0.2, -0.15) is 0 Å². The number of amides is 1. The van der Waals surface area contributed by atoms with E-state index < -0.39 is 5.60 Å². The number of rotatable bonds is 3.